The van der Waals surface area contributed by atoms with Gasteiger partial charge in [0.1, 0.15) is 0 Å². The Morgan fingerprint density at radius 3 is 2.39 bits per heavy atom. The van der Waals surface area contributed by atoms with Crippen LogP contribution in [-0.2, 0) is 14.8 Å². The van der Waals surface area contributed by atoms with Gasteiger partial charge >= 0.3 is 0 Å². The van der Waals surface area contributed by atoms with Crippen LogP contribution < -0.4 is 11.1 Å². The van der Waals surface area contributed by atoms with Crippen LogP contribution in [0.3, 0.4) is 0 Å². The summed E-state index contributed by atoms with van der Waals surface area (Å²) >= 11 is 0. The fraction of sp³-hybridized carbons (Fsp3) is 0.533. The third-order valence-corrected chi connectivity index (χ3v) is 5.73. The summed E-state index contributed by atoms with van der Waals surface area (Å²) in [5.74, 6) is -0.262. The average molecular weight is 364 g/mol. The van der Waals surface area contributed by atoms with Gasteiger partial charge in [-0.15, -0.1) is 12.4 Å². The first-order chi connectivity index (χ1) is 10.1. The van der Waals surface area contributed by atoms with E-state index in [2.05, 4.69) is 5.32 Å². The van der Waals surface area contributed by atoms with Crippen LogP contribution in [0.25, 0.3) is 0 Å². The minimum atomic E-state index is -3.56. The third kappa shape index (κ3) is 5.17. The fourth-order valence-electron chi connectivity index (χ4n) is 1.89. The van der Waals surface area contributed by atoms with Crippen LogP contribution in [0.15, 0.2) is 23.1 Å². The molecule has 0 spiro atoms. The smallest absolute Gasteiger partial charge is 0.242 e. The van der Waals surface area contributed by atoms with Crippen molar-refractivity contribution in [3.8, 4) is 0 Å². The third-order valence-electron chi connectivity index (χ3n) is 3.77. The lowest BCUT2D eigenvalue weighted by atomic mass is 9.99. The molecule has 1 aromatic carbocycles. The van der Waals surface area contributed by atoms with E-state index in [1.165, 1.54) is 20.2 Å². The Kier molecular flexibility index (Phi) is 8.20. The minimum absolute atomic E-state index is 0. The van der Waals surface area contributed by atoms with Crippen molar-refractivity contribution in [1.82, 2.24) is 4.31 Å². The summed E-state index contributed by atoms with van der Waals surface area (Å²) in [6, 6.07) is 4.18. The van der Waals surface area contributed by atoms with Gasteiger partial charge in [-0.1, -0.05) is 26.3 Å². The summed E-state index contributed by atoms with van der Waals surface area (Å²) in [7, 11) is -0.614. The van der Waals surface area contributed by atoms with Crippen molar-refractivity contribution in [3.63, 3.8) is 0 Å². The largest absolute Gasteiger partial charge is 0.325 e. The number of carbonyl (C=O) groups excluding carboxylic acids is 1. The molecular formula is C15H26ClN3O3S. The van der Waals surface area contributed by atoms with Gasteiger partial charge in [-0.3, -0.25) is 4.79 Å². The first-order valence-electron chi connectivity index (χ1n) is 7.20. The van der Waals surface area contributed by atoms with Crippen LogP contribution in [0.1, 0.15) is 25.8 Å². The second-order valence-electron chi connectivity index (χ2n) is 5.67. The second-order valence-corrected chi connectivity index (χ2v) is 7.79. The van der Waals surface area contributed by atoms with Crippen LogP contribution in [0.5, 0.6) is 0 Å². The number of carbonyl (C=O) groups is 1. The lowest BCUT2D eigenvalue weighted by Gasteiger charge is -2.19. The van der Waals surface area contributed by atoms with E-state index in [1.54, 1.807) is 19.1 Å². The SMILES string of the molecule is CCC(C)C(N)C(=O)Nc1ccc(C)c(S(=O)(=O)N(C)C)c1.Cl. The molecule has 3 N–H and O–H groups in total. The number of sulfonamides is 1. The fourth-order valence-corrected chi connectivity index (χ4v) is 3.03. The molecule has 0 aliphatic heterocycles. The number of nitrogens with zero attached hydrogens (tertiary/aromatic N) is 1. The predicted octanol–water partition coefficient (Wildman–Crippen LogP) is 1.98. The highest BCUT2D eigenvalue weighted by Crippen LogP contribution is 2.22. The standard InChI is InChI=1S/C15H25N3O3S.ClH/c1-6-10(2)14(16)15(19)17-12-8-7-11(3)13(9-12)22(20,21)18(4)5;/h7-10,14H,6,16H2,1-5H3,(H,17,19);1H. The number of halogens is 1. The number of nitrogens with two attached hydrogens (primary N) is 1. The van der Waals surface area contributed by atoms with Gasteiger partial charge in [0.05, 0.1) is 10.9 Å². The molecule has 0 heterocycles. The maximum Gasteiger partial charge on any atom is 0.242 e. The summed E-state index contributed by atoms with van der Waals surface area (Å²) in [4.78, 5) is 12.3. The van der Waals surface area contributed by atoms with Crippen molar-refractivity contribution in [2.24, 2.45) is 11.7 Å². The van der Waals surface area contributed by atoms with Gasteiger partial charge < -0.3 is 11.1 Å². The zero-order chi connectivity index (χ0) is 17.1. The minimum Gasteiger partial charge on any atom is -0.325 e. The van der Waals surface area contributed by atoms with Crippen LogP contribution in [0.4, 0.5) is 5.69 Å². The van der Waals surface area contributed by atoms with Gasteiger partial charge in [-0.25, -0.2) is 12.7 Å². The lowest BCUT2D eigenvalue weighted by molar-refractivity contribution is -0.118. The van der Waals surface area contributed by atoms with Gasteiger partial charge in [0.25, 0.3) is 0 Å². The molecule has 0 saturated carbocycles. The number of amides is 1. The molecule has 23 heavy (non-hydrogen) atoms. The first kappa shape index (κ1) is 21.9. The van der Waals surface area contributed by atoms with Gasteiger partial charge in [0.2, 0.25) is 15.9 Å². The van der Waals surface area contributed by atoms with Crippen LogP contribution in [0.2, 0.25) is 0 Å². The number of rotatable bonds is 6. The number of hydrogen-bond acceptors (Lipinski definition) is 4. The lowest BCUT2D eigenvalue weighted by Crippen LogP contribution is -2.40. The molecule has 2 unspecified atom stereocenters. The van der Waals surface area contributed by atoms with Crippen LogP contribution in [-0.4, -0.2) is 38.8 Å². The average Bonchev–Trinajstić information content (AvgIpc) is 2.47. The Bertz CT molecular complexity index is 647. The van der Waals surface area contributed by atoms with Gasteiger partial charge in [0, 0.05) is 19.8 Å². The summed E-state index contributed by atoms with van der Waals surface area (Å²) in [6.45, 7) is 5.58. The van der Waals surface area contributed by atoms with Crippen molar-refractivity contribution in [2.75, 3.05) is 19.4 Å². The van der Waals surface area contributed by atoms with E-state index >= 15 is 0 Å². The molecule has 8 heteroatoms. The van der Waals surface area contributed by atoms with E-state index < -0.39 is 16.1 Å². The maximum absolute atomic E-state index is 12.3. The number of anilines is 1. The maximum atomic E-state index is 12.3. The molecule has 0 saturated heterocycles. The number of nitrogens with one attached hydrogen (secondary N) is 1. The second kappa shape index (κ2) is 8.63. The van der Waals surface area contributed by atoms with E-state index in [0.29, 0.717) is 11.3 Å². The molecule has 0 radical (unpaired) electrons. The van der Waals surface area contributed by atoms with Crippen LogP contribution >= 0.6 is 12.4 Å². The van der Waals surface area contributed by atoms with Gasteiger partial charge in [-0.05, 0) is 30.5 Å². The first-order valence-corrected chi connectivity index (χ1v) is 8.64. The number of benzene rings is 1. The van der Waals surface area contributed by atoms with Crippen molar-refractivity contribution < 1.29 is 13.2 Å². The molecule has 1 rings (SSSR count). The van der Waals surface area contributed by atoms with Crippen molar-refractivity contribution in [3.05, 3.63) is 23.8 Å². The highest BCUT2D eigenvalue weighted by molar-refractivity contribution is 7.89. The number of aryl methyl sites for hydroxylation is 1. The Hall–Kier alpha value is -1.15. The Labute approximate surface area is 144 Å². The molecular weight excluding hydrogens is 338 g/mol. The molecule has 0 fully saturated rings. The molecule has 0 aliphatic rings. The quantitative estimate of drug-likeness (QED) is 0.808. The molecule has 2 atom stereocenters. The predicted molar refractivity (Wildman–Crippen MR) is 95.4 cm³/mol. The van der Waals surface area contributed by atoms with Crippen molar-refractivity contribution in [2.45, 2.75) is 38.1 Å². The highest BCUT2D eigenvalue weighted by Gasteiger charge is 2.22. The van der Waals surface area contributed by atoms with E-state index in [4.69, 9.17) is 5.73 Å². The Morgan fingerprint density at radius 1 is 1.35 bits per heavy atom. The van der Waals surface area contributed by atoms with E-state index in [-0.39, 0.29) is 29.1 Å². The van der Waals surface area contributed by atoms with Gasteiger partial charge in [-0.2, -0.15) is 0 Å². The van der Waals surface area contributed by atoms with Crippen LogP contribution in [0, 0.1) is 12.8 Å². The summed E-state index contributed by atoms with van der Waals surface area (Å²) in [5.41, 5.74) is 6.93. The topological polar surface area (TPSA) is 92.5 Å². The summed E-state index contributed by atoms with van der Waals surface area (Å²) < 4.78 is 25.7. The zero-order valence-electron chi connectivity index (χ0n) is 14.2. The summed E-state index contributed by atoms with van der Waals surface area (Å²) in [5, 5.41) is 2.69. The monoisotopic (exact) mass is 363 g/mol. The molecule has 0 bridgehead atoms. The van der Waals surface area contributed by atoms with Crippen molar-refractivity contribution >= 4 is 34.0 Å². The normalized spacial score (nSPS) is 14.0. The zero-order valence-corrected chi connectivity index (χ0v) is 15.8. The van der Waals surface area contributed by atoms with E-state index in [1.807, 2.05) is 13.8 Å². The molecule has 6 nitrogen and oxygen atoms in total. The highest BCUT2D eigenvalue weighted by atomic mass is 35.5. The number of hydrogen-bond donors (Lipinski definition) is 2. The van der Waals surface area contributed by atoms with Gasteiger partial charge in [0.15, 0.2) is 0 Å². The molecule has 0 aromatic heterocycles. The Balaban J connectivity index is 0.00000484. The molecule has 1 amide bonds. The molecule has 132 valence electrons. The molecule has 1 aromatic rings. The van der Waals surface area contributed by atoms with E-state index in [0.717, 1.165) is 10.7 Å². The molecule has 0 aliphatic carbocycles. The van der Waals surface area contributed by atoms with E-state index in [9.17, 15) is 13.2 Å². The Morgan fingerprint density at radius 2 is 1.91 bits per heavy atom. The summed E-state index contributed by atoms with van der Waals surface area (Å²) in [6.07, 6.45) is 0.794. The van der Waals surface area contributed by atoms with Crippen molar-refractivity contribution in [1.29, 1.82) is 0 Å².